The molecule has 1 N–H and O–H groups in total. The largest absolute Gasteiger partial charge is 0.494 e. The summed E-state index contributed by atoms with van der Waals surface area (Å²) in [6.07, 6.45) is 1.51. The van der Waals surface area contributed by atoms with Crippen LogP contribution in [0.3, 0.4) is 0 Å². The summed E-state index contributed by atoms with van der Waals surface area (Å²) in [5.74, 6) is -2.09. The Morgan fingerprint density at radius 2 is 1.70 bits per heavy atom. The average Bonchev–Trinajstić information content (AvgIpc) is 3.53. The van der Waals surface area contributed by atoms with Crippen LogP contribution in [0.25, 0.3) is 21.8 Å². The van der Waals surface area contributed by atoms with E-state index in [1.165, 1.54) is 13.1 Å². The fourth-order valence-corrected chi connectivity index (χ4v) is 4.37. The first-order chi connectivity index (χ1) is 14.3. The lowest BCUT2D eigenvalue weighted by atomic mass is 10.1. The van der Waals surface area contributed by atoms with Gasteiger partial charge in [0.25, 0.3) is 5.56 Å². The van der Waals surface area contributed by atoms with Gasteiger partial charge in [-0.3, -0.25) is 14.2 Å². The molecule has 1 saturated heterocycles. The third-order valence-electron chi connectivity index (χ3n) is 6.26. The number of benzene rings is 1. The summed E-state index contributed by atoms with van der Waals surface area (Å²) in [5, 5.41) is 10.3. The normalized spacial score (nSPS) is 17.9. The number of hydrogen-bond acceptors (Lipinski definition) is 5. The van der Waals surface area contributed by atoms with Gasteiger partial charge < -0.3 is 19.5 Å². The number of pyridine rings is 2. The van der Waals surface area contributed by atoms with Crippen LogP contribution >= 0.6 is 0 Å². The third kappa shape index (κ3) is 2.64. The summed E-state index contributed by atoms with van der Waals surface area (Å²) >= 11 is 0. The number of hydrogen-bond donors (Lipinski definition) is 1. The fourth-order valence-electron chi connectivity index (χ4n) is 4.37. The molecule has 2 aliphatic rings. The van der Waals surface area contributed by atoms with Crippen molar-refractivity contribution in [3.63, 3.8) is 0 Å². The van der Waals surface area contributed by atoms with Crippen LogP contribution in [0, 0.1) is 11.6 Å². The molecule has 2 fully saturated rings. The second kappa shape index (κ2) is 6.53. The second-order valence-corrected chi connectivity index (χ2v) is 8.26. The summed E-state index contributed by atoms with van der Waals surface area (Å²) in [7, 11) is 3.30. The number of piperazine rings is 1. The van der Waals surface area contributed by atoms with E-state index in [0.29, 0.717) is 26.2 Å². The van der Waals surface area contributed by atoms with Crippen molar-refractivity contribution in [1.29, 1.82) is 0 Å². The van der Waals surface area contributed by atoms with E-state index in [-0.39, 0.29) is 33.5 Å². The molecule has 1 aliphatic carbocycles. The highest BCUT2D eigenvalue weighted by Crippen LogP contribution is 2.42. The Morgan fingerprint density at radius 1 is 1.03 bits per heavy atom. The molecule has 3 heterocycles. The molecule has 9 heteroatoms. The Kier molecular flexibility index (Phi) is 4.15. The number of rotatable bonds is 2. The highest BCUT2D eigenvalue weighted by molar-refractivity contribution is 5.97. The molecule has 1 saturated carbocycles. The maximum absolute atomic E-state index is 15.8. The zero-order chi connectivity index (χ0) is 21.3. The zero-order valence-electron chi connectivity index (χ0n) is 16.8. The quantitative estimate of drug-likeness (QED) is 0.647. The summed E-state index contributed by atoms with van der Waals surface area (Å²) in [6.45, 7) is 2.29. The molecule has 30 heavy (non-hydrogen) atoms. The summed E-state index contributed by atoms with van der Waals surface area (Å²) in [6, 6.07) is 2.20. The van der Waals surface area contributed by atoms with Crippen molar-refractivity contribution in [3.05, 3.63) is 44.3 Å². The molecule has 1 aromatic carbocycles. The van der Waals surface area contributed by atoms with Gasteiger partial charge >= 0.3 is 0 Å². The van der Waals surface area contributed by atoms with Gasteiger partial charge in [0.1, 0.15) is 16.9 Å². The second-order valence-electron chi connectivity index (χ2n) is 8.26. The van der Waals surface area contributed by atoms with Gasteiger partial charge in [-0.2, -0.15) is 0 Å². The molecular weight excluding hydrogens is 394 g/mol. The minimum Gasteiger partial charge on any atom is -0.494 e. The fraction of sp³-hybridized carbons (Fsp3) is 0.429. The Labute approximate surface area is 170 Å². The van der Waals surface area contributed by atoms with Gasteiger partial charge in [-0.1, -0.05) is 0 Å². The average molecular weight is 416 g/mol. The lowest BCUT2D eigenvalue weighted by Gasteiger charge is -2.34. The number of fused-ring (bicyclic) bond motifs is 2. The number of aromatic nitrogens is 2. The van der Waals surface area contributed by atoms with Crippen molar-refractivity contribution in [2.75, 3.05) is 38.1 Å². The highest BCUT2D eigenvalue weighted by Gasteiger charge is 2.32. The van der Waals surface area contributed by atoms with Gasteiger partial charge in [0, 0.05) is 45.3 Å². The van der Waals surface area contributed by atoms with Crippen LogP contribution in [0.1, 0.15) is 18.9 Å². The first-order valence-electron chi connectivity index (χ1n) is 10.0. The van der Waals surface area contributed by atoms with Crippen molar-refractivity contribution in [2.45, 2.75) is 18.9 Å². The molecule has 0 bridgehead atoms. The monoisotopic (exact) mass is 416 g/mol. The van der Waals surface area contributed by atoms with Crippen molar-refractivity contribution in [2.24, 2.45) is 7.05 Å². The van der Waals surface area contributed by atoms with E-state index in [1.807, 2.05) is 7.05 Å². The molecule has 0 amide bonds. The van der Waals surface area contributed by atoms with Crippen LogP contribution in [-0.2, 0) is 7.05 Å². The first kappa shape index (κ1) is 19.0. The van der Waals surface area contributed by atoms with E-state index in [0.717, 1.165) is 23.5 Å². The van der Waals surface area contributed by atoms with Gasteiger partial charge in [0.2, 0.25) is 11.3 Å². The van der Waals surface area contributed by atoms with E-state index in [2.05, 4.69) is 4.90 Å². The summed E-state index contributed by atoms with van der Waals surface area (Å²) in [5.41, 5.74) is -1.15. The molecule has 0 unspecified atom stereocenters. The number of nitrogens with zero attached hydrogens (tertiary/aromatic N) is 4. The lowest BCUT2D eigenvalue weighted by molar-refractivity contribution is 0.310. The van der Waals surface area contributed by atoms with E-state index in [4.69, 9.17) is 0 Å². The third-order valence-corrected chi connectivity index (χ3v) is 6.26. The SMILES string of the molecule is CN1CCN(c2c(F)cc3c(=O)c4c(O)n(C)c(=O)cc4n(C4CC4)c3c2F)CC1. The Hall–Kier alpha value is -2.94. The molecule has 1 aliphatic heterocycles. The number of likely N-dealkylation sites (N-methyl/N-ethyl adjacent to an activating group) is 1. The van der Waals surface area contributed by atoms with Crippen LogP contribution in [0.2, 0.25) is 0 Å². The molecule has 3 aromatic rings. The standard InChI is InChI=1S/C21H22F2N4O3/c1-24-5-7-26(8-6-24)19-13(22)9-12-18(17(19)23)27(11-3-4-11)14-10-15(28)25(2)21(30)16(14)20(12)29/h9-11,30H,3-8H2,1-2H3. The molecule has 0 atom stereocenters. The van der Waals surface area contributed by atoms with Gasteiger partial charge in [-0.25, -0.2) is 8.78 Å². The predicted molar refractivity (Wildman–Crippen MR) is 111 cm³/mol. The van der Waals surface area contributed by atoms with Gasteiger partial charge in [0.05, 0.1) is 16.4 Å². The molecule has 7 nitrogen and oxygen atoms in total. The van der Waals surface area contributed by atoms with Gasteiger partial charge in [-0.05, 0) is 26.0 Å². The lowest BCUT2D eigenvalue weighted by Crippen LogP contribution is -2.45. The number of aromatic hydroxyl groups is 1. The minimum absolute atomic E-state index is 0.00187. The number of anilines is 1. The molecule has 158 valence electrons. The summed E-state index contributed by atoms with van der Waals surface area (Å²) in [4.78, 5) is 29.2. The Bertz CT molecular complexity index is 1320. The van der Waals surface area contributed by atoms with Crippen LogP contribution < -0.4 is 15.9 Å². The van der Waals surface area contributed by atoms with E-state index in [9.17, 15) is 14.7 Å². The van der Waals surface area contributed by atoms with Crippen molar-refractivity contribution < 1.29 is 13.9 Å². The van der Waals surface area contributed by atoms with E-state index >= 15 is 8.78 Å². The van der Waals surface area contributed by atoms with Crippen molar-refractivity contribution in [1.82, 2.24) is 14.0 Å². The smallest absolute Gasteiger partial charge is 0.255 e. The van der Waals surface area contributed by atoms with Crippen LogP contribution in [0.15, 0.2) is 21.7 Å². The number of halogens is 2. The predicted octanol–water partition coefficient (Wildman–Crippen LogP) is 1.92. The molecule has 0 radical (unpaired) electrons. The summed E-state index contributed by atoms with van der Waals surface area (Å²) < 4.78 is 33.5. The highest BCUT2D eigenvalue weighted by atomic mass is 19.1. The van der Waals surface area contributed by atoms with Gasteiger partial charge in [0.15, 0.2) is 5.82 Å². The molecule has 0 spiro atoms. The molecule has 2 aromatic heterocycles. The molecular formula is C21H22F2N4O3. The van der Waals surface area contributed by atoms with Gasteiger partial charge in [-0.15, -0.1) is 0 Å². The van der Waals surface area contributed by atoms with Crippen LogP contribution in [0.5, 0.6) is 5.88 Å². The first-order valence-corrected chi connectivity index (χ1v) is 10.0. The topological polar surface area (TPSA) is 70.7 Å². The van der Waals surface area contributed by atoms with Crippen LogP contribution in [-0.4, -0.2) is 52.4 Å². The van der Waals surface area contributed by atoms with Crippen LogP contribution in [0.4, 0.5) is 14.5 Å². The maximum Gasteiger partial charge on any atom is 0.255 e. The van der Waals surface area contributed by atoms with E-state index in [1.54, 1.807) is 9.47 Å². The van der Waals surface area contributed by atoms with Crippen molar-refractivity contribution >= 4 is 27.5 Å². The molecule has 5 rings (SSSR count). The minimum atomic E-state index is -0.798. The Morgan fingerprint density at radius 3 is 2.33 bits per heavy atom. The maximum atomic E-state index is 15.8. The van der Waals surface area contributed by atoms with Crippen molar-refractivity contribution in [3.8, 4) is 5.88 Å². The van der Waals surface area contributed by atoms with E-state index < -0.39 is 28.5 Å². The zero-order valence-corrected chi connectivity index (χ0v) is 16.8. The Balaban J connectivity index is 1.90.